The van der Waals surface area contributed by atoms with E-state index in [0.717, 1.165) is 11.3 Å². The number of nitrogens with zero attached hydrogens (tertiary/aromatic N) is 2. The van der Waals surface area contributed by atoms with Crippen molar-refractivity contribution in [1.29, 1.82) is 0 Å². The molecule has 2 rings (SSSR count). The van der Waals surface area contributed by atoms with Crippen LogP contribution >= 0.6 is 11.8 Å². The van der Waals surface area contributed by atoms with Crippen LogP contribution in [0.2, 0.25) is 0 Å². The maximum absolute atomic E-state index is 12.7. The zero-order valence-electron chi connectivity index (χ0n) is 10.5. The summed E-state index contributed by atoms with van der Waals surface area (Å²) in [6.45, 7) is 1.88. The van der Waals surface area contributed by atoms with Crippen LogP contribution in [0.25, 0.3) is 0 Å². The zero-order valence-corrected chi connectivity index (χ0v) is 11.3. The number of benzene rings is 1. The van der Waals surface area contributed by atoms with E-state index < -0.39 is 0 Å². The van der Waals surface area contributed by atoms with Crippen molar-refractivity contribution in [3.8, 4) is 0 Å². The SMILES string of the molecule is Cc1ccnc(SCC(=O)Cc2ccc(F)cc2)n1. The normalized spacial score (nSPS) is 10.4. The molecule has 0 aliphatic heterocycles. The Balaban J connectivity index is 1.86. The van der Waals surface area contributed by atoms with E-state index in [0.29, 0.717) is 17.3 Å². The summed E-state index contributed by atoms with van der Waals surface area (Å²) >= 11 is 1.32. The zero-order chi connectivity index (χ0) is 13.7. The molecule has 0 amide bonds. The highest BCUT2D eigenvalue weighted by molar-refractivity contribution is 7.99. The molecule has 3 nitrogen and oxygen atoms in total. The van der Waals surface area contributed by atoms with Crippen molar-refractivity contribution in [2.24, 2.45) is 0 Å². The van der Waals surface area contributed by atoms with Gasteiger partial charge in [0.05, 0.1) is 5.75 Å². The van der Waals surface area contributed by atoms with Crippen LogP contribution in [0.5, 0.6) is 0 Å². The number of rotatable bonds is 5. The van der Waals surface area contributed by atoms with Crippen molar-refractivity contribution >= 4 is 17.5 Å². The number of Topliss-reactive ketones (excluding diaryl/α,β-unsaturated/α-hetero) is 1. The van der Waals surface area contributed by atoms with E-state index in [9.17, 15) is 9.18 Å². The molecule has 19 heavy (non-hydrogen) atoms. The average molecular weight is 276 g/mol. The van der Waals surface area contributed by atoms with E-state index >= 15 is 0 Å². The standard InChI is InChI=1S/C14H13FN2OS/c1-10-6-7-16-14(17-10)19-9-13(18)8-11-2-4-12(15)5-3-11/h2-7H,8-9H2,1H3. The minimum atomic E-state index is -0.293. The maximum atomic E-state index is 12.7. The van der Waals surface area contributed by atoms with Crippen LogP contribution in [0.3, 0.4) is 0 Å². The molecule has 0 bridgehead atoms. The molecular formula is C14H13FN2OS. The first-order chi connectivity index (χ1) is 9.13. The fourth-order valence-corrected chi connectivity index (χ4v) is 2.26. The number of carbonyl (C=O) groups is 1. The molecule has 0 unspecified atom stereocenters. The molecule has 1 aromatic heterocycles. The second-order valence-corrected chi connectivity index (χ2v) is 5.05. The molecule has 0 saturated heterocycles. The molecule has 1 aromatic carbocycles. The lowest BCUT2D eigenvalue weighted by molar-refractivity contribution is -0.116. The summed E-state index contributed by atoms with van der Waals surface area (Å²) < 4.78 is 12.7. The van der Waals surface area contributed by atoms with Crippen LogP contribution < -0.4 is 0 Å². The van der Waals surface area contributed by atoms with E-state index in [1.807, 2.05) is 13.0 Å². The van der Waals surface area contributed by atoms with Gasteiger partial charge in [0, 0.05) is 18.3 Å². The van der Waals surface area contributed by atoms with Gasteiger partial charge in [0.25, 0.3) is 0 Å². The van der Waals surface area contributed by atoms with Gasteiger partial charge in [-0.2, -0.15) is 0 Å². The summed E-state index contributed by atoms with van der Waals surface area (Å²) in [7, 11) is 0. The molecular weight excluding hydrogens is 263 g/mol. The second-order valence-electron chi connectivity index (χ2n) is 4.11. The average Bonchev–Trinajstić information content (AvgIpc) is 2.39. The Labute approximate surface area is 115 Å². The number of aromatic nitrogens is 2. The Morgan fingerprint density at radius 2 is 2.00 bits per heavy atom. The Morgan fingerprint density at radius 3 is 2.68 bits per heavy atom. The van der Waals surface area contributed by atoms with Crippen molar-refractivity contribution in [2.75, 3.05) is 5.75 Å². The third kappa shape index (κ3) is 4.44. The molecule has 0 spiro atoms. The highest BCUT2D eigenvalue weighted by Gasteiger charge is 2.06. The minimum absolute atomic E-state index is 0.0710. The lowest BCUT2D eigenvalue weighted by Crippen LogP contribution is -2.06. The number of hydrogen-bond acceptors (Lipinski definition) is 4. The Bertz CT molecular complexity index is 572. The molecule has 5 heteroatoms. The molecule has 0 aliphatic rings. The van der Waals surface area contributed by atoms with Crippen LogP contribution in [0.4, 0.5) is 4.39 Å². The van der Waals surface area contributed by atoms with Gasteiger partial charge in [-0.05, 0) is 30.7 Å². The first-order valence-electron chi connectivity index (χ1n) is 5.82. The van der Waals surface area contributed by atoms with Crippen LogP contribution in [0.1, 0.15) is 11.3 Å². The number of carbonyl (C=O) groups excluding carboxylic acids is 1. The number of halogens is 1. The van der Waals surface area contributed by atoms with Crippen molar-refractivity contribution < 1.29 is 9.18 Å². The lowest BCUT2D eigenvalue weighted by Gasteiger charge is -2.01. The molecule has 0 N–H and O–H groups in total. The summed E-state index contributed by atoms with van der Waals surface area (Å²) in [5.41, 5.74) is 1.70. The van der Waals surface area contributed by atoms with Gasteiger partial charge < -0.3 is 0 Å². The largest absolute Gasteiger partial charge is 0.298 e. The number of aryl methyl sites for hydroxylation is 1. The fraction of sp³-hybridized carbons (Fsp3) is 0.214. The summed E-state index contributed by atoms with van der Waals surface area (Å²) in [6.07, 6.45) is 1.98. The molecule has 0 fully saturated rings. The molecule has 0 atom stereocenters. The van der Waals surface area contributed by atoms with E-state index in [1.54, 1.807) is 18.3 Å². The summed E-state index contributed by atoms with van der Waals surface area (Å²) in [5, 5.41) is 0.604. The number of ketones is 1. The predicted molar refractivity (Wildman–Crippen MR) is 72.6 cm³/mol. The second kappa shape index (κ2) is 6.43. The van der Waals surface area contributed by atoms with Gasteiger partial charge in [-0.15, -0.1) is 0 Å². The topological polar surface area (TPSA) is 42.9 Å². The monoisotopic (exact) mass is 276 g/mol. The van der Waals surface area contributed by atoms with Crippen molar-refractivity contribution in [3.05, 3.63) is 53.6 Å². The fourth-order valence-electron chi connectivity index (χ4n) is 1.52. The van der Waals surface area contributed by atoms with Gasteiger partial charge in [0.2, 0.25) is 0 Å². The number of hydrogen-bond donors (Lipinski definition) is 0. The van der Waals surface area contributed by atoms with E-state index in [-0.39, 0.29) is 11.6 Å². The molecule has 0 aliphatic carbocycles. The summed E-state index contributed by atoms with van der Waals surface area (Å²) in [4.78, 5) is 20.1. The van der Waals surface area contributed by atoms with Crippen LogP contribution in [-0.2, 0) is 11.2 Å². The van der Waals surface area contributed by atoms with Gasteiger partial charge in [0.1, 0.15) is 11.6 Å². The van der Waals surface area contributed by atoms with Crippen LogP contribution in [-0.4, -0.2) is 21.5 Å². The summed E-state index contributed by atoms with van der Waals surface area (Å²) in [6, 6.07) is 7.78. The maximum Gasteiger partial charge on any atom is 0.188 e. The predicted octanol–water partition coefficient (Wildman–Crippen LogP) is 2.83. The molecule has 0 radical (unpaired) electrons. The van der Waals surface area contributed by atoms with E-state index in [4.69, 9.17) is 0 Å². The quantitative estimate of drug-likeness (QED) is 0.622. The first-order valence-corrected chi connectivity index (χ1v) is 6.80. The van der Waals surface area contributed by atoms with Gasteiger partial charge in [-0.1, -0.05) is 23.9 Å². The Morgan fingerprint density at radius 1 is 1.26 bits per heavy atom. The molecule has 0 saturated carbocycles. The molecule has 98 valence electrons. The number of thioether (sulfide) groups is 1. The van der Waals surface area contributed by atoms with Gasteiger partial charge in [-0.25, -0.2) is 14.4 Å². The van der Waals surface area contributed by atoms with Crippen LogP contribution in [0, 0.1) is 12.7 Å². The summed E-state index contributed by atoms with van der Waals surface area (Å²) in [5.74, 6) is 0.0985. The van der Waals surface area contributed by atoms with Gasteiger partial charge >= 0.3 is 0 Å². The lowest BCUT2D eigenvalue weighted by atomic mass is 10.1. The van der Waals surface area contributed by atoms with E-state index in [2.05, 4.69) is 9.97 Å². The van der Waals surface area contributed by atoms with Crippen molar-refractivity contribution in [2.45, 2.75) is 18.5 Å². The van der Waals surface area contributed by atoms with Crippen LogP contribution in [0.15, 0.2) is 41.7 Å². The molecule has 1 heterocycles. The molecule has 2 aromatic rings. The third-order valence-corrected chi connectivity index (χ3v) is 3.37. The van der Waals surface area contributed by atoms with Crippen molar-refractivity contribution in [3.63, 3.8) is 0 Å². The Kier molecular flexibility index (Phi) is 4.63. The Hall–Kier alpha value is -1.75. The van der Waals surface area contributed by atoms with E-state index in [1.165, 1.54) is 23.9 Å². The van der Waals surface area contributed by atoms with Gasteiger partial charge in [0.15, 0.2) is 5.16 Å². The smallest absolute Gasteiger partial charge is 0.188 e. The van der Waals surface area contributed by atoms with Crippen molar-refractivity contribution in [1.82, 2.24) is 9.97 Å². The third-order valence-electron chi connectivity index (χ3n) is 2.45. The first kappa shape index (κ1) is 13.7. The van der Waals surface area contributed by atoms with Gasteiger partial charge in [-0.3, -0.25) is 4.79 Å². The highest BCUT2D eigenvalue weighted by Crippen LogP contribution is 2.13. The minimum Gasteiger partial charge on any atom is -0.298 e. The highest BCUT2D eigenvalue weighted by atomic mass is 32.2.